The van der Waals surface area contributed by atoms with Gasteiger partial charge in [-0.2, -0.15) is 0 Å². The van der Waals surface area contributed by atoms with Gasteiger partial charge >= 0.3 is 5.12 Å². The maximum absolute atomic E-state index is 10.9. The highest BCUT2D eigenvalue weighted by Crippen LogP contribution is 2.19. The van der Waals surface area contributed by atoms with Gasteiger partial charge in [0, 0.05) is 20.9 Å². The van der Waals surface area contributed by atoms with Gasteiger partial charge in [-0.25, -0.2) is 4.79 Å². The first-order chi connectivity index (χ1) is 4.63. The second-order valence-corrected chi connectivity index (χ2v) is 4.69. The fraction of sp³-hybridized carbons (Fsp3) is 0.571. The van der Waals surface area contributed by atoms with Crippen LogP contribution in [0.3, 0.4) is 0 Å². The Morgan fingerprint density at radius 1 is 1.70 bits per heavy atom. The number of nitrogens with zero attached hydrogens (tertiary/aromatic N) is 1. The normalized spacial score (nSPS) is 31.3. The van der Waals surface area contributed by atoms with E-state index < -0.39 is 0 Å². The summed E-state index contributed by atoms with van der Waals surface area (Å²) in [7, 11) is 1.85. The van der Waals surface area contributed by atoms with Crippen molar-refractivity contribution in [2.45, 2.75) is 19.2 Å². The van der Waals surface area contributed by atoms with E-state index in [1.165, 1.54) is 0 Å². The van der Waals surface area contributed by atoms with Crippen molar-refractivity contribution in [1.29, 1.82) is 0 Å². The average molecular weight is 158 g/mol. The summed E-state index contributed by atoms with van der Waals surface area (Å²) in [4.78, 5) is 13.0. The summed E-state index contributed by atoms with van der Waals surface area (Å²) in [5.74, 6) is 0. The highest BCUT2D eigenvalue weighted by atomic mass is 32.2. The molecule has 0 aliphatic carbocycles. The first-order valence-corrected chi connectivity index (χ1v) is 4.61. The minimum Gasteiger partial charge on any atom is -0.332 e. The standard InChI is InChI=1S/C7H12NOS/c1-6-8(3)4-5-10(6)7(2)9/h4-6H,1-3H3/q+1. The maximum Gasteiger partial charge on any atom is 0.335 e. The van der Waals surface area contributed by atoms with Crippen LogP contribution in [-0.4, -0.2) is 22.4 Å². The van der Waals surface area contributed by atoms with Crippen LogP contribution in [0, 0.1) is 0 Å². The molecule has 0 radical (unpaired) electrons. The zero-order chi connectivity index (χ0) is 7.72. The molecule has 2 nitrogen and oxygen atoms in total. The Labute approximate surface area is 64.2 Å². The predicted octanol–water partition coefficient (Wildman–Crippen LogP) is 0.914. The van der Waals surface area contributed by atoms with E-state index >= 15 is 0 Å². The summed E-state index contributed by atoms with van der Waals surface area (Å²) in [6.45, 7) is 3.73. The third kappa shape index (κ3) is 1.19. The minimum atomic E-state index is -0.147. The molecule has 0 amide bonds. The van der Waals surface area contributed by atoms with E-state index in [1.54, 1.807) is 6.92 Å². The molecule has 0 N–H and O–H groups in total. The lowest BCUT2D eigenvalue weighted by molar-refractivity contribution is -0.109. The second kappa shape index (κ2) is 2.66. The van der Waals surface area contributed by atoms with E-state index in [0.29, 0.717) is 5.37 Å². The summed E-state index contributed by atoms with van der Waals surface area (Å²) in [6, 6.07) is 0. The van der Waals surface area contributed by atoms with Gasteiger partial charge in [0.15, 0.2) is 0 Å². The van der Waals surface area contributed by atoms with E-state index in [9.17, 15) is 4.79 Å². The molecule has 0 aromatic carbocycles. The number of hydrogen-bond donors (Lipinski definition) is 0. The van der Waals surface area contributed by atoms with Crippen molar-refractivity contribution >= 4 is 16.0 Å². The second-order valence-electron chi connectivity index (χ2n) is 2.41. The van der Waals surface area contributed by atoms with E-state index in [4.69, 9.17) is 0 Å². The van der Waals surface area contributed by atoms with Crippen molar-refractivity contribution in [2.75, 3.05) is 7.05 Å². The van der Waals surface area contributed by atoms with Gasteiger partial charge < -0.3 is 4.90 Å². The van der Waals surface area contributed by atoms with Gasteiger partial charge in [0.25, 0.3) is 0 Å². The average Bonchev–Trinajstić information content (AvgIpc) is 2.14. The van der Waals surface area contributed by atoms with Gasteiger partial charge in [-0.05, 0) is 0 Å². The summed E-state index contributed by atoms with van der Waals surface area (Å²) < 4.78 is 0. The van der Waals surface area contributed by atoms with Crippen LogP contribution in [0.2, 0.25) is 0 Å². The number of hydrogen-bond acceptors (Lipinski definition) is 2. The third-order valence-corrected chi connectivity index (χ3v) is 3.86. The molecule has 3 heteroatoms. The molecule has 2 unspecified atom stereocenters. The Kier molecular flexibility index (Phi) is 2.04. The Hall–Kier alpha value is -0.440. The molecule has 1 aliphatic rings. The van der Waals surface area contributed by atoms with Crippen LogP contribution in [0.25, 0.3) is 0 Å². The van der Waals surface area contributed by atoms with E-state index in [-0.39, 0.29) is 16.0 Å². The molecular weight excluding hydrogens is 146 g/mol. The maximum atomic E-state index is 10.9. The number of rotatable bonds is 0. The molecular formula is C7H12NOS+. The first-order valence-electron chi connectivity index (χ1n) is 3.25. The highest BCUT2D eigenvalue weighted by molar-refractivity contribution is 8.13. The van der Waals surface area contributed by atoms with Crippen molar-refractivity contribution in [3.05, 3.63) is 11.6 Å². The lowest BCUT2D eigenvalue weighted by Gasteiger charge is -2.11. The van der Waals surface area contributed by atoms with Crippen LogP contribution < -0.4 is 0 Å². The first kappa shape index (κ1) is 7.66. The van der Waals surface area contributed by atoms with E-state index in [2.05, 4.69) is 11.8 Å². The van der Waals surface area contributed by atoms with Crippen LogP contribution in [0.5, 0.6) is 0 Å². The molecule has 0 bridgehead atoms. The van der Waals surface area contributed by atoms with Gasteiger partial charge in [0.1, 0.15) is 16.3 Å². The molecule has 0 aromatic rings. The van der Waals surface area contributed by atoms with E-state index in [1.807, 2.05) is 18.7 Å². The number of carbonyl (C=O) groups is 1. The van der Waals surface area contributed by atoms with Crippen molar-refractivity contribution in [1.82, 2.24) is 4.90 Å². The van der Waals surface area contributed by atoms with Crippen molar-refractivity contribution in [2.24, 2.45) is 0 Å². The summed E-state index contributed by atoms with van der Waals surface area (Å²) >= 11 is 0. The highest BCUT2D eigenvalue weighted by Gasteiger charge is 2.36. The third-order valence-electron chi connectivity index (χ3n) is 1.72. The Balaban J connectivity index is 2.66. The molecule has 0 spiro atoms. The van der Waals surface area contributed by atoms with E-state index in [0.717, 1.165) is 0 Å². The van der Waals surface area contributed by atoms with Gasteiger partial charge in [0.05, 0.1) is 6.20 Å². The molecule has 2 atom stereocenters. The van der Waals surface area contributed by atoms with Crippen molar-refractivity contribution in [3.63, 3.8) is 0 Å². The zero-order valence-corrected chi connectivity index (χ0v) is 7.31. The summed E-state index contributed by atoms with van der Waals surface area (Å²) in [5, 5.41) is 2.65. The van der Waals surface area contributed by atoms with Crippen LogP contribution in [0.15, 0.2) is 11.6 Å². The predicted molar refractivity (Wildman–Crippen MR) is 44.4 cm³/mol. The number of carbonyl (C=O) groups excluding carboxylic acids is 1. The van der Waals surface area contributed by atoms with Crippen LogP contribution in [0.4, 0.5) is 0 Å². The zero-order valence-electron chi connectivity index (χ0n) is 6.50. The Morgan fingerprint density at radius 2 is 2.30 bits per heavy atom. The van der Waals surface area contributed by atoms with Gasteiger partial charge in [-0.15, -0.1) is 0 Å². The molecule has 1 heterocycles. The molecule has 1 aliphatic heterocycles. The largest absolute Gasteiger partial charge is 0.335 e. The Bertz CT molecular complexity index is 178. The summed E-state index contributed by atoms with van der Waals surface area (Å²) in [5.41, 5.74) is 0. The molecule has 0 aromatic heterocycles. The fourth-order valence-corrected chi connectivity index (χ4v) is 2.56. The lowest BCUT2D eigenvalue weighted by atomic mass is 10.6. The SMILES string of the molecule is CC(=O)[S+]1C=CN(C)C1C. The quantitative estimate of drug-likeness (QED) is 0.488. The van der Waals surface area contributed by atoms with Gasteiger partial charge in [-0.1, -0.05) is 0 Å². The molecule has 0 saturated heterocycles. The van der Waals surface area contributed by atoms with Crippen molar-refractivity contribution in [3.8, 4) is 0 Å². The molecule has 0 saturated carbocycles. The van der Waals surface area contributed by atoms with Gasteiger partial charge in [-0.3, -0.25) is 0 Å². The fourth-order valence-electron chi connectivity index (χ4n) is 0.912. The lowest BCUT2D eigenvalue weighted by Crippen LogP contribution is -2.28. The monoisotopic (exact) mass is 158 g/mol. The van der Waals surface area contributed by atoms with Crippen LogP contribution in [0.1, 0.15) is 13.8 Å². The van der Waals surface area contributed by atoms with Gasteiger partial charge in [0.2, 0.25) is 5.37 Å². The minimum absolute atomic E-state index is 0.147. The Morgan fingerprint density at radius 3 is 2.50 bits per heavy atom. The van der Waals surface area contributed by atoms with Crippen molar-refractivity contribution < 1.29 is 4.79 Å². The van der Waals surface area contributed by atoms with Crippen LogP contribution >= 0.6 is 0 Å². The molecule has 56 valence electrons. The van der Waals surface area contributed by atoms with Crippen LogP contribution in [-0.2, 0) is 15.7 Å². The molecule has 0 fully saturated rings. The molecule has 1 rings (SSSR count). The smallest absolute Gasteiger partial charge is 0.332 e. The molecule has 10 heavy (non-hydrogen) atoms. The summed E-state index contributed by atoms with van der Waals surface area (Å²) in [6.07, 6.45) is 1.98. The topological polar surface area (TPSA) is 20.3 Å².